The molecule has 0 saturated carbocycles. The molecule has 6 heteroatoms. The molecule has 3 aromatic rings. The van der Waals surface area contributed by atoms with E-state index in [1.807, 2.05) is 0 Å². The van der Waals surface area contributed by atoms with Crippen LogP contribution in [0, 0.1) is 11.6 Å². The van der Waals surface area contributed by atoms with Gasteiger partial charge in [-0.3, -0.25) is 0 Å². The number of esters is 1. The van der Waals surface area contributed by atoms with Gasteiger partial charge >= 0.3 is 5.97 Å². The van der Waals surface area contributed by atoms with E-state index in [2.05, 4.69) is 4.99 Å². The van der Waals surface area contributed by atoms with Gasteiger partial charge in [0.15, 0.2) is 5.70 Å². The van der Waals surface area contributed by atoms with Crippen LogP contribution >= 0.6 is 0 Å². The highest BCUT2D eigenvalue weighted by Gasteiger charge is 2.25. The Morgan fingerprint density at radius 1 is 0.966 bits per heavy atom. The van der Waals surface area contributed by atoms with E-state index in [-0.39, 0.29) is 29.6 Å². The topological polar surface area (TPSA) is 47.9 Å². The summed E-state index contributed by atoms with van der Waals surface area (Å²) in [4.78, 5) is 16.2. The van der Waals surface area contributed by atoms with Crippen molar-refractivity contribution >= 4 is 17.9 Å². The normalized spacial score (nSPS) is 14.6. The second-order valence-electron chi connectivity index (χ2n) is 6.31. The number of aliphatic imine (C=N–C) groups is 1. The summed E-state index contributed by atoms with van der Waals surface area (Å²) >= 11 is 0. The molecular weight excluding hydrogens is 376 g/mol. The first-order valence-corrected chi connectivity index (χ1v) is 8.83. The number of benzene rings is 3. The van der Waals surface area contributed by atoms with Crippen molar-refractivity contribution < 1.29 is 23.0 Å². The van der Waals surface area contributed by atoms with Crippen molar-refractivity contribution in [3.05, 3.63) is 107 Å². The van der Waals surface area contributed by atoms with Gasteiger partial charge in [0.05, 0.1) is 5.56 Å². The average molecular weight is 391 g/mol. The fourth-order valence-electron chi connectivity index (χ4n) is 2.80. The Balaban J connectivity index is 1.53. The maximum absolute atomic E-state index is 13.9. The van der Waals surface area contributed by atoms with Gasteiger partial charge in [0.1, 0.15) is 24.0 Å². The molecule has 0 unspecified atom stereocenters. The summed E-state index contributed by atoms with van der Waals surface area (Å²) in [7, 11) is 0. The molecule has 1 aliphatic rings. The van der Waals surface area contributed by atoms with E-state index in [0.717, 1.165) is 0 Å². The first kappa shape index (κ1) is 18.6. The van der Waals surface area contributed by atoms with Crippen molar-refractivity contribution in [3.8, 4) is 5.75 Å². The standard InChI is InChI=1S/C23H15F2NO3/c24-17-7-3-6-16(11-17)14-28-18-8-4-5-15(12-18)13-21-23(27)29-22(26-21)19-9-1-2-10-20(19)25/h1-13H,14H2/b21-13-. The molecule has 0 amide bonds. The van der Waals surface area contributed by atoms with Crippen LogP contribution in [-0.2, 0) is 16.1 Å². The zero-order valence-corrected chi connectivity index (χ0v) is 15.1. The summed E-state index contributed by atoms with van der Waals surface area (Å²) in [5.74, 6) is -1.03. The molecule has 144 valence electrons. The van der Waals surface area contributed by atoms with Crippen LogP contribution in [0.1, 0.15) is 16.7 Å². The summed E-state index contributed by atoms with van der Waals surface area (Å²) in [5, 5.41) is 0. The number of halogens is 2. The Labute approximate surface area is 165 Å². The van der Waals surface area contributed by atoms with Crippen LogP contribution in [0.2, 0.25) is 0 Å². The predicted molar refractivity (Wildman–Crippen MR) is 104 cm³/mol. The first-order chi connectivity index (χ1) is 14.1. The number of hydrogen-bond acceptors (Lipinski definition) is 4. The van der Waals surface area contributed by atoms with Gasteiger partial charge in [0.2, 0.25) is 5.90 Å². The van der Waals surface area contributed by atoms with Gasteiger partial charge in [-0.05, 0) is 53.6 Å². The molecule has 0 aliphatic carbocycles. The maximum Gasteiger partial charge on any atom is 0.363 e. The number of carbonyl (C=O) groups excluding carboxylic acids is 1. The van der Waals surface area contributed by atoms with Crippen LogP contribution in [0.25, 0.3) is 6.08 Å². The summed E-state index contributed by atoms with van der Waals surface area (Å²) < 4.78 is 37.9. The molecule has 4 nitrogen and oxygen atoms in total. The number of cyclic esters (lactones) is 1. The van der Waals surface area contributed by atoms with Crippen molar-refractivity contribution in [2.24, 2.45) is 4.99 Å². The molecule has 0 N–H and O–H groups in total. The summed E-state index contributed by atoms with van der Waals surface area (Å²) in [5.41, 5.74) is 1.54. The molecule has 0 spiro atoms. The zero-order valence-electron chi connectivity index (χ0n) is 15.1. The highest BCUT2D eigenvalue weighted by molar-refractivity contribution is 6.12. The molecule has 0 radical (unpaired) electrons. The maximum atomic E-state index is 13.9. The second-order valence-corrected chi connectivity index (χ2v) is 6.31. The smallest absolute Gasteiger partial charge is 0.363 e. The molecule has 1 aliphatic heterocycles. The van der Waals surface area contributed by atoms with Crippen LogP contribution in [-0.4, -0.2) is 11.9 Å². The van der Waals surface area contributed by atoms with E-state index in [9.17, 15) is 13.6 Å². The summed E-state index contributed by atoms with van der Waals surface area (Å²) in [6.07, 6.45) is 1.53. The van der Waals surface area contributed by atoms with Crippen LogP contribution in [0.4, 0.5) is 8.78 Å². The van der Waals surface area contributed by atoms with Gasteiger partial charge in [-0.2, -0.15) is 0 Å². The molecule has 0 bridgehead atoms. The monoisotopic (exact) mass is 391 g/mol. The Morgan fingerprint density at radius 2 is 1.79 bits per heavy atom. The molecule has 3 aromatic carbocycles. The molecule has 1 heterocycles. The van der Waals surface area contributed by atoms with Gasteiger partial charge in [-0.25, -0.2) is 18.6 Å². The number of hydrogen-bond donors (Lipinski definition) is 0. The zero-order chi connectivity index (χ0) is 20.2. The number of nitrogens with zero attached hydrogens (tertiary/aromatic N) is 1. The summed E-state index contributed by atoms with van der Waals surface area (Å²) in [6, 6.07) is 19.1. The molecule has 0 atom stereocenters. The van der Waals surface area contributed by atoms with E-state index in [1.54, 1.807) is 48.5 Å². The quantitative estimate of drug-likeness (QED) is 0.460. The number of rotatable bonds is 5. The molecule has 29 heavy (non-hydrogen) atoms. The summed E-state index contributed by atoms with van der Waals surface area (Å²) in [6.45, 7) is 0.204. The van der Waals surface area contributed by atoms with Crippen molar-refractivity contribution in [1.82, 2.24) is 0 Å². The van der Waals surface area contributed by atoms with Gasteiger partial charge in [-0.1, -0.05) is 36.4 Å². The first-order valence-electron chi connectivity index (χ1n) is 8.83. The van der Waals surface area contributed by atoms with Crippen molar-refractivity contribution in [2.75, 3.05) is 0 Å². The lowest BCUT2D eigenvalue weighted by atomic mass is 10.2. The highest BCUT2D eigenvalue weighted by atomic mass is 19.1. The van der Waals surface area contributed by atoms with Gasteiger partial charge < -0.3 is 9.47 Å². The molecule has 0 saturated heterocycles. The average Bonchev–Trinajstić information content (AvgIpc) is 3.07. The third-order valence-electron chi connectivity index (χ3n) is 4.18. The molecule has 0 aromatic heterocycles. The van der Waals surface area contributed by atoms with Gasteiger partial charge in [-0.15, -0.1) is 0 Å². The third-order valence-corrected chi connectivity index (χ3v) is 4.18. The predicted octanol–water partition coefficient (Wildman–Crippen LogP) is 4.89. The van der Waals surface area contributed by atoms with Crippen LogP contribution < -0.4 is 4.74 Å². The fraction of sp³-hybridized carbons (Fsp3) is 0.0435. The lowest BCUT2D eigenvalue weighted by molar-refractivity contribution is -0.129. The van der Waals surface area contributed by atoms with Crippen molar-refractivity contribution in [1.29, 1.82) is 0 Å². The second kappa shape index (κ2) is 8.06. The molecule has 4 rings (SSSR count). The number of carbonyl (C=O) groups is 1. The Morgan fingerprint density at radius 3 is 2.62 bits per heavy atom. The highest BCUT2D eigenvalue weighted by Crippen LogP contribution is 2.22. The molecule has 0 fully saturated rings. The van der Waals surface area contributed by atoms with E-state index < -0.39 is 11.8 Å². The lowest BCUT2D eigenvalue weighted by Gasteiger charge is -2.07. The van der Waals surface area contributed by atoms with Crippen LogP contribution in [0.15, 0.2) is 83.5 Å². The van der Waals surface area contributed by atoms with Gasteiger partial charge in [0.25, 0.3) is 0 Å². The SMILES string of the molecule is O=C1OC(c2ccccc2F)=N/C1=C\c1cccc(OCc2cccc(F)c2)c1. The van der Waals surface area contributed by atoms with Crippen molar-refractivity contribution in [2.45, 2.75) is 6.61 Å². The fourth-order valence-corrected chi connectivity index (χ4v) is 2.80. The third kappa shape index (κ3) is 4.38. The Kier molecular flexibility index (Phi) is 5.16. The number of ether oxygens (including phenoxy) is 2. The minimum Gasteiger partial charge on any atom is -0.489 e. The Bertz CT molecular complexity index is 1140. The Hall–Kier alpha value is -3.80. The van der Waals surface area contributed by atoms with E-state index in [0.29, 0.717) is 16.9 Å². The minimum absolute atomic E-state index is 0.0607. The van der Waals surface area contributed by atoms with Gasteiger partial charge in [0, 0.05) is 0 Å². The van der Waals surface area contributed by atoms with E-state index in [1.165, 1.54) is 30.3 Å². The lowest BCUT2D eigenvalue weighted by Crippen LogP contribution is -2.07. The van der Waals surface area contributed by atoms with Crippen molar-refractivity contribution in [3.63, 3.8) is 0 Å². The molecular formula is C23H15F2NO3. The van der Waals surface area contributed by atoms with Crippen LogP contribution in [0.5, 0.6) is 5.75 Å². The minimum atomic E-state index is -0.658. The van der Waals surface area contributed by atoms with E-state index >= 15 is 0 Å². The van der Waals surface area contributed by atoms with E-state index in [4.69, 9.17) is 9.47 Å². The largest absolute Gasteiger partial charge is 0.489 e. The van der Waals surface area contributed by atoms with Crippen LogP contribution in [0.3, 0.4) is 0 Å².